The first kappa shape index (κ1) is 23.5. The number of carboxylic acids is 1. The molecule has 1 aliphatic carbocycles. The number of nitrogens with two attached hydrogens (primary N) is 1. The third kappa shape index (κ3) is 5.48. The molecule has 1 fully saturated rings. The Bertz CT molecular complexity index is 1080. The molecule has 0 saturated heterocycles. The van der Waals surface area contributed by atoms with Gasteiger partial charge >= 0.3 is 5.97 Å². The summed E-state index contributed by atoms with van der Waals surface area (Å²) in [4.78, 5) is 11.8. The van der Waals surface area contributed by atoms with E-state index >= 15 is 0 Å². The SMILES string of the molecule is Cc1cccc(C(CCNCCCN)c2cn(C3CCCCC3)c3ccc(C(=O)O)cc23)c1. The van der Waals surface area contributed by atoms with Crippen molar-refractivity contribution in [2.45, 2.75) is 63.8 Å². The van der Waals surface area contributed by atoms with Crippen LogP contribution in [-0.2, 0) is 0 Å². The van der Waals surface area contributed by atoms with Gasteiger partial charge in [0.1, 0.15) is 0 Å². The van der Waals surface area contributed by atoms with Crippen LogP contribution >= 0.6 is 0 Å². The van der Waals surface area contributed by atoms with Crippen LogP contribution in [0.25, 0.3) is 10.9 Å². The van der Waals surface area contributed by atoms with Gasteiger partial charge in [-0.1, -0.05) is 49.1 Å². The molecule has 1 aromatic heterocycles. The molecular formula is C28H37N3O2. The van der Waals surface area contributed by atoms with Crippen molar-refractivity contribution in [3.63, 3.8) is 0 Å². The Morgan fingerprint density at radius 2 is 1.97 bits per heavy atom. The van der Waals surface area contributed by atoms with E-state index in [4.69, 9.17) is 5.73 Å². The van der Waals surface area contributed by atoms with Crippen LogP contribution in [0, 0.1) is 6.92 Å². The molecule has 1 atom stereocenters. The number of rotatable bonds is 10. The maximum absolute atomic E-state index is 11.8. The molecule has 5 nitrogen and oxygen atoms in total. The molecule has 2 aromatic carbocycles. The van der Waals surface area contributed by atoms with E-state index in [1.165, 1.54) is 48.8 Å². The second-order valence-electron chi connectivity index (χ2n) is 9.47. The van der Waals surface area contributed by atoms with E-state index in [0.717, 1.165) is 36.8 Å². The first-order chi connectivity index (χ1) is 16.1. The summed E-state index contributed by atoms with van der Waals surface area (Å²) in [5.74, 6) is -0.671. The molecule has 1 aliphatic rings. The van der Waals surface area contributed by atoms with E-state index in [0.29, 0.717) is 18.2 Å². The number of aromatic nitrogens is 1. The summed E-state index contributed by atoms with van der Waals surface area (Å²) in [7, 11) is 0. The Labute approximate surface area is 197 Å². The summed E-state index contributed by atoms with van der Waals surface area (Å²) >= 11 is 0. The third-order valence-corrected chi connectivity index (χ3v) is 7.07. The van der Waals surface area contributed by atoms with Crippen LogP contribution in [0.5, 0.6) is 0 Å². The van der Waals surface area contributed by atoms with Crippen molar-refractivity contribution >= 4 is 16.9 Å². The normalized spacial score (nSPS) is 15.7. The Morgan fingerprint density at radius 1 is 1.15 bits per heavy atom. The molecule has 0 amide bonds. The van der Waals surface area contributed by atoms with Gasteiger partial charge in [0.2, 0.25) is 0 Å². The standard InChI is InChI=1S/C28H37N3O2/c1-20-7-5-8-21(17-20)24(13-16-30-15-6-14-29)26-19-31(23-9-3-2-4-10-23)27-12-11-22(28(32)33)18-25(26)27/h5,7-8,11-12,17-19,23-24,30H,2-4,6,9-10,13-16,29H2,1H3,(H,32,33). The van der Waals surface area contributed by atoms with E-state index in [1.807, 2.05) is 12.1 Å². The molecule has 3 aromatic rings. The summed E-state index contributed by atoms with van der Waals surface area (Å²) in [5.41, 5.74) is 10.9. The molecular weight excluding hydrogens is 410 g/mol. The van der Waals surface area contributed by atoms with Crippen LogP contribution in [0.4, 0.5) is 0 Å². The molecule has 0 spiro atoms. The fraction of sp³-hybridized carbons (Fsp3) is 0.464. The van der Waals surface area contributed by atoms with E-state index < -0.39 is 5.97 Å². The van der Waals surface area contributed by atoms with E-state index in [2.05, 4.69) is 47.3 Å². The zero-order chi connectivity index (χ0) is 23.2. The van der Waals surface area contributed by atoms with Gasteiger partial charge in [-0.05, 0) is 81.6 Å². The average molecular weight is 448 g/mol. The van der Waals surface area contributed by atoms with Gasteiger partial charge < -0.3 is 20.7 Å². The highest BCUT2D eigenvalue weighted by Gasteiger charge is 2.24. The van der Waals surface area contributed by atoms with Crippen LogP contribution in [0.2, 0.25) is 0 Å². The van der Waals surface area contributed by atoms with Crippen molar-refractivity contribution in [2.24, 2.45) is 5.73 Å². The van der Waals surface area contributed by atoms with Crippen LogP contribution in [-0.4, -0.2) is 35.3 Å². The van der Waals surface area contributed by atoms with Gasteiger partial charge in [0.25, 0.3) is 0 Å². The van der Waals surface area contributed by atoms with E-state index in [-0.39, 0.29) is 5.92 Å². The molecule has 5 heteroatoms. The van der Waals surface area contributed by atoms with Crippen molar-refractivity contribution in [1.82, 2.24) is 9.88 Å². The zero-order valence-electron chi connectivity index (χ0n) is 19.7. The predicted octanol–water partition coefficient (Wildman–Crippen LogP) is 5.61. The number of hydrogen-bond donors (Lipinski definition) is 3. The minimum absolute atomic E-state index is 0.201. The fourth-order valence-corrected chi connectivity index (χ4v) is 5.34. The van der Waals surface area contributed by atoms with Crippen LogP contribution in [0.3, 0.4) is 0 Å². The Hall–Kier alpha value is -2.63. The molecule has 0 radical (unpaired) electrons. The number of nitrogens with zero attached hydrogens (tertiary/aromatic N) is 1. The lowest BCUT2D eigenvalue weighted by Crippen LogP contribution is -2.21. The van der Waals surface area contributed by atoms with Gasteiger partial charge in [0.05, 0.1) is 5.56 Å². The van der Waals surface area contributed by atoms with E-state index in [1.54, 1.807) is 6.07 Å². The van der Waals surface area contributed by atoms with Crippen molar-refractivity contribution in [1.29, 1.82) is 0 Å². The lowest BCUT2D eigenvalue weighted by Gasteiger charge is -2.24. The number of nitrogens with one attached hydrogen (secondary N) is 1. The first-order valence-corrected chi connectivity index (χ1v) is 12.4. The van der Waals surface area contributed by atoms with Gasteiger partial charge in [-0.25, -0.2) is 4.79 Å². The van der Waals surface area contributed by atoms with Crippen molar-refractivity contribution in [3.8, 4) is 0 Å². The fourth-order valence-electron chi connectivity index (χ4n) is 5.34. The average Bonchev–Trinajstić information content (AvgIpc) is 3.20. The third-order valence-electron chi connectivity index (χ3n) is 7.07. The minimum atomic E-state index is -0.871. The second kappa shape index (κ2) is 11.0. The smallest absolute Gasteiger partial charge is 0.335 e. The summed E-state index contributed by atoms with van der Waals surface area (Å²) in [6.45, 7) is 4.65. The lowest BCUT2D eigenvalue weighted by molar-refractivity contribution is 0.0697. The number of fused-ring (bicyclic) bond motifs is 1. The Kier molecular flexibility index (Phi) is 7.84. The van der Waals surface area contributed by atoms with Crippen molar-refractivity contribution in [2.75, 3.05) is 19.6 Å². The number of carboxylic acid groups (broad SMARTS) is 1. The molecule has 0 bridgehead atoms. The summed E-state index contributed by atoms with van der Waals surface area (Å²) in [6, 6.07) is 14.9. The van der Waals surface area contributed by atoms with Gasteiger partial charge in [-0.2, -0.15) is 0 Å². The minimum Gasteiger partial charge on any atom is -0.478 e. The monoisotopic (exact) mass is 447 g/mol. The first-order valence-electron chi connectivity index (χ1n) is 12.4. The molecule has 176 valence electrons. The maximum Gasteiger partial charge on any atom is 0.335 e. The summed E-state index contributed by atoms with van der Waals surface area (Å²) < 4.78 is 2.44. The molecule has 4 N–H and O–H groups in total. The van der Waals surface area contributed by atoms with Crippen molar-refractivity contribution in [3.05, 3.63) is 70.9 Å². The zero-order valence-corrected chi connectivity index (χ0v) is 19.7. The number of aryl methyl sites for hydroxylation is 1. The summed E-state index contributed by atoms with van der Waals surface area (Å²) in [5, 5.41) is 14.3. The van der Waals surface area contributed by atoms with Gasteiger partial charge in [0, 0.05) is 29.1 Å². The maximum atomic E-state index is 11.8. The molecule has 33 heavy (non-hydrogen) atoms. The lowest BCUT2D eigenvalue weighted by atomic mass is 9.87. The highest BCUT2D eigenvalue weighted by molar-refractivity contribution is 5.95. The van der Waals surface area contributed by atoms with Crippen LogP contribution in [0.15, 0.2) is 48.7 Å². The molecule has 1 unspecified atom stereocenters. The highest BCUT2D eigenvalue weighted by Crippen LogP contribution is 2.39. The number of aromatic carboxylic acids is 1. The van der Waals surface area contributed by atoms with Crippen LogP contribution in [0.1, 0.15) is 84.0 Å². The quantitative estimate of drug-likeness (QED) is 0.353. The molecule has 0 aliphatic heterocycles. The summed E-state index contributed by atoms with van der Waals surface area (Å²) in [6.07, 6.45) is 10.5. The predicted molar refractivity (Wildman–Crippen MR) is 135 cm³/mol. The largest absolute Gasteiger partial charge is 0.478 e. The van der Waals surface area contributed by atoms with E-state index in [9.17, 15) is 9.90 Å². The highest BCUT2D eigenvalue weighted by atomic mass is 16.4. The Morgan fingerprint density at radius 3 is 2.70 bits per heavy atom. The van der Waals surface area contributed by atoms with Gasteiger partial charge in [-0.15, -0.1) is 0 Å². The van der Waals surface area contributed by atoms with Gasteiger partial charge in [-0.3, -0.25) is 0 Å². The molecule has 1 saturated carbocycles. The Balaban J connectivity index is 1.78. The van der Waals surface area contributed by atoms with Crippen molar-refractivity contribution < 1.29 is 9.90 Å². The second-order valence-corrected chi connectivity index (χ2v) is 9.47. The number of benzene rings is 2. The number of hydrogen-bond acceptors (Lipinski definition) is 3. The van der Waals surface area contributed by atoms with Gasteiger partial charge in [0.15, 0.2) is 0 Å². The molecule has 4 rings (SSSR count). The molecule has 1 heterocycles. The topological polar surface area (TPSA) is 80.3 Å². The van der Waals surface area contributed by atoms with Crippen LogP contribution < -0.4 is 11.1 Å². The number of carbonyl (C=O) groups is 1.